The highest BCUT2D eigenvalue weighted by Crippen LogP contribution is 2.11. The SMILES string of the molecule is O=C(/C=C/c1ccccc1)c1cccc(C(=O)/C=C/c2ccccc2)c1. The van der Waals surface area contributed by atoms with E-state index in [9.17, 15) is 9.59 Å². The largest absolute Gasteiger partial charge is 0.289 e. The molecule has 0 aliphatic carbocycles. The lowest BCUT2D eigenvalue weighted by atomic mass is 10.0. The van der Waals surface area contributed by atoms with Gasteiger partial charge in [0.2, 0.25) is 0 Å². The van der Waals surface area contributed by atoms with Crippen LogP contribution < -0.4 is 0 Å². The summed E-state index contributed by atoms with van der Waals surface area (Å²) in [4.78, 5) is 24.7. The van der Waals surface area contributed by atoms with Crippen molar-refractivity contribution >= 4 is 23.7 Å². The first-order valence-electron chi connectivity index (χ1n) is 8.37. The molecule has 0 aliphatic rings. The third-order valence-electron chi connectivity index (χ3n) is 3.89. The van der Waals surface area contributed by atoms with Gasteiger partial charge >= 0.3 is 0 Å². The zero-order valence-electron chi connectivity index (χ0n) is 14.2. The molecule has 0 aromatic heterocycles. The van der Waals surface area contributed by atoms with Gasteiger partial charge in [0, 0.05) is 11.1 Å². The molecule has 3 rings (SSSR count). The van der Waals surface area contributed by atoms with Crippen LogP contribution in [0.3, 0.4) is 0 Å². The lowest BCUT2D eigenvalue weighted by Crippen LogP contribution is -1.99. The number of allylic oxidation sites excluding steroid dienone is 2. The van der Waals surface area contributed by atoms with E-state index >= 15 is 0 Å². The van der Waals surface area contributed by atoms with E-state index in [0.717, 1.165) is 11.1 Å². The summed E-state index contributed by atoms with van der Waals surface area (Å²) in [6.07, 6.45) is 6.59. The summed E-state index contributed by atoms with van der Waals surface area (Å²) in [5.41, 5.74) is 2.91. The molecule has 0 aliphatic heterocycles. The van der Waals surface area contributed by atoms with Gasteiger partial charge in [-0.15, -0.1) is 0 Å². The fourth-order valence-corrected chi connectivity index (χ4v) is 2.49. The number of hydrogen-bond acceptors (Lipinski definition) is 2. The van der Waals surface area contributed by atoms with Gasteiger partial charge in [0.15, 0.2) is 11.6 Å². The molecule has 0 saturated carbocycles. The Labute approximate surface area is 153 Å². The first-order valence-corrected chi connectivity index (χ1v) is 8.37. The van der Waals surface area contributed by atoms with Gasteiger partial charge in [-0.1, -0.05) is 91.0 Å². The summed E-state index contributed by atoms with van der Waals surface area (Å²) in [5.74, 6) is -0.258. The second-order valence-electron chi connectivity index (χ2n) is 5.80. The zero-order valence-corrected chi connectivity index (χ0v) is 14.2. The fourth-order valence-electron chi connectivity index (χ4n) is 2.49. The van der Waals surface area contributed by atoms with Crippen molar-refractivity contribution in [2.75, 3.05) is 0 Å². The maximum absolute atomic E-state index is 12.4. The van der Waals surface area contributed by atoms with Gasteiger partial charge in [-0.05, 0) is 29.3 Å². The number of carbonyl (C=O) groups is 2. The van der Waals surface area contributed by atoms with Gasteiger partial charge < -0.3 is 0 Å². The van der Waals surface area contributed by atoms with Crippen LogP contribution >= 0.6 is 0 Å². The van der Waals surface area contributed by atoms with Gasteiger partial charge in [0.25, 0.3) is 0 Å². The van der Waals surface area contributed by atoms with Crippen molar-refractivity contribution in [3.8, 4) is 0 Å². The van der Waals surface area contributed by atoms with Gasteiger partial charge in [-0.2, -0.15) is 0 Å². The Balaban J connectivity index is 1.73. The molecule has 3 aromatic carbocycles. The summed E-state index contributed by atoms with van der Waals surface area (Å²) in [6, 6.07) is 26.0. The molecular weight excluding hydrogens is 320 g/mol. The minimum absolute atomic E-state index is 0.129. The predicted octanol–water partition coefficient (Wildman–Crippen LogP) is 5.48. The smallest absolute Gasteiger partial charge is 0.185 e. The highest BCUT2D eigenvalue weighted by atomic mass is 16.1. The van der Waals surface area contributed by atoms with Crippen molar-refractivity contribution in [3.63, 3.8) is 0 Å². The number of benzene rings is 3. The first kappa shape index (κ1) is 17.3. The van der Waals surface area contributed by atoms with Crippen LogP contribution in [0.5, 0.6) is 0 Å². The van der Waals surface area contributed by atoms with E-state index in [-0.39, 0.29) is 11.6 Å². The summed E-state index contributed by atoms with van der Waals surface area (Å²) >= 11 is 0. The number of rotatable bonds is 6. The van der Waals surface area contributed by atoms with Crippen molar-refractivity contribution < 1.29 is 9.59 Å². The third-order valence-corrected chi connectivity index (χ3v) is 3.89. The van der Waals surface area contributed by atoms with E-state index in [1.165, 1.54) is 12.2 Å². The van der Waals surface area contributed by atoms with E-state index in [2.05, 4.69) is 0 Å². The number of ketones is 2. The maximum atomic E-state index is 12.4. The quantitative estimate of drug-likeness (QED) is 0.440. The average Bonchev–Trinajstić information content (AvgIpc) is 2.72. The lowest BCUT2D eigenvalue weighted by molar-refractivity contribution is 0.104. The molecule has 0 saturated heterocycles. The number of hydrogen-bond donors (Lipinski definition) is 0. The van der Waals surface area contributed by atoms with Crippen LogP contribution in [0.15, 0.2) is 97.1 Å². The molecule has 0 spiro atoms. The van der Waals surface area contributed by atoms with Crippen LogP contribution in [-0.4, -0.2) is 11.6 Å². The van der Waals surface area contributed by atoms with E-state index in [1.807, 2.05) is 60.7 Å². The molecule has 0 amide bonds. The zero-order chi connectivity index (χ0) is 18.2. The van der Waals surface area contributed by atoms with Crippen LogP contribution in [0.2, 0.25) is 0 Å². The van der Waals surface area contributed by atoms with Crippen molar-refractivity contribution in [1.82, 2.24) is 0 Å². The first-order chi connectivity index (χ1) is 12.7. The second kappa shape index (κ2) is 8.54. The Morgan fingerprint density at radius 2 is 0.962 bits per heavy atom. The third kappa shape index (κ3) is 4.74. The molecule has 0 fully saturated rings. The molecule has 2 nitrogen and oxygen atoms in total. The van der Waals surface area contributed by atoms with Gasteiger partial charge in [-0.25, -0.2) is 0 Å². The molecular formula is C24H18O2. The Kier molecular flexibility index (Phi) is 5.69. The van der Waals surface area contributed by atoms with Crippen LogP contribution in [0, 0.1) is 0 Å². The van der Waals surface area contributed by atoms with Crippen LogP contribution in [0.25, 0.3) is 12.2 Å². The molecule has 0 radical (unpaired) electrons. The van der Waals surface area contributed by atoms with Crippen molar-refractivity contribution in [2.45, 2.75) is 0 Å². The molecule has 3 aromatic rings. The summed E-state index contributed by atoms with van der Waals surface area (Å²) in [7, 11) is 0. The van der Waals surface area contributed by atoms with Crippen LogP contribution in [-0.2, 0) is 0 Å². The molecule has 0 heterocycles. The molecule has 0 N–H and O–H groups in total. The molecule has 0 unspecified atom stereocenters. The fraction of sp³-hybridized carbons (Fsp3) is 0. The Morgan fingerprint density at radius 1 is 0.538 bits per heavy atom. The monoisotopic (exact) mass is 338 g/mol. The Hall–Kier alpha value is -3.52. The van der Waals surface area contributed by atoms with E-state index in [4.69, 9.17) is 0 Å². The molecule has 126 valence electrons. The molecule has 26 heavy (non-hydrogen) atoms. The summed E-state index contributed by atoms with van der Waals surface area (Å²) in [5, 5.41) is 0. The average molecular weight is 338 g/mol. The van der Waals surface area contributed by atoms with Crippen molar-refractivity contribution in [2.24, 2.45) is 0 Å². The van der Waals surface area contributed by atoms with Crippen LogP contribution in [0.1, 0.15) is 31.8 Å². The van der Waals surface area contributed by atoms with Crippen LogP contribution in [0.4, 0.5) is 0 Å². The van der Waals surface area contributed by atoms with Crippen molar-refractivity contribution in [3.05, 3.63) is 119 Å². The Bertz CT molecular complexity index is 875. The molecule has 0 atom stereocenters. The standard InChI is InChI=1S/C24H18O2/c25-23(16-14-19-8-3-1-4-9-19)21-12-7-13-22(18-21)24(26)17-15-20-10-5-2-6-11-20/h1-18H/b16-14+,17-15+. The second-order valence-corrected chi connectivity index (χ2v) is 5.80. The molecule has 0 bridgehead atoms. The normalized spacial score (nSPS) is 11.1. The van der Waals surface area contributed by atoms with E-state index in [0.29, 0.717) is 11.1 Å². The lowest BCUT2D eigenvalue weighted by Gasteiger charge is -2.00. The topological polar surface area (TPSA) is 34.1 Å². The van der Waals surface area contributed by atoms with Gasteiger partial charge in [0.1, 0.15) is 0 Å². The summed E-state index contributed by atoms with van der Waals surface area (Å²) in [6.45, 7) is 0. The summed E-state index contributed by atoms with van der Waals surface area (Å²) < 4.78 is 0. The predicted molar refractivity (Wildman–Crippen MR) is 106 cm³/mol. The highest BCUT2D eigenvalue weighted by molar-refractivity contribution is 6.11. The minimum Gasteiger partial charge on any atom is -0.289 e. The number of carbonyl (C=O) groups excluding carboxylic acids is 2. The highest BCUT2D eigenvalue weighted by Gasteiger charge is 2.07. The van der Waals surface area contributed by atoms with Gasteiger partial charge in [0.05, 0.1) is 0 Å². The van der Waals surface area contributed by atoms with Crippen molar-refractivity contribution in [1.29, 1.82) is 0 Å². The van der Waals surface area contributed by atoms with Gasteiger partial charge in [-0.3, -0.25) is 9.59 Å². The minimum atomic E-state index is -0.129. The maximum Gasteiger partial charge on any atom is 0.185 e. The van der Waals surface area contributed by atoms with E-state index in [1.54, 1.807) is 36.4 Å². The Morgan fingerprint density at radius 3 is 1.38 bits per heavy atom. The van der Waals surface area contributed by atoms with E-state index < -0.39 is 0 Å². The molecule has 2 heteroatoms.